The van der Waals surface area contributed by atoms with Crippen LogP contribution in [0.25, 0.3) is 0 Å². The highest BCUT2D eigenvalue weighted by atomic mass is 19.1. The number of halogens is 1. The van der Waals surface area contributed by atoms with Crippen LogP contribution < -0.4 is 5.73 Å². The second kappa shape index (κ2) is 5.17. The summed E-state index contributed by atoms with van der Waals surface area (Å²) in [5, 5.41) is 0. The van der Waals surface area contributed by atoms with Crippen molar-refractivity contribution in [1.29, 1.82) is 0 Å². The molecule has 1 aromatic carbocycles. The summed E-state index contributed by atoms with van der Waals surface area (Å²) in [5.41, 5.74) is 9.99. The molecule has 2 N–H and O–H groups in total. The predicted octanol–water partition coefficient (Wildman–Crippen LogP) is 3.40. The molecule has 0 aliphatic heterocycles. The van der Waals surface area contributed by atoms with Crippen molar-refractivity contribution in [2.45, 2.75) is 38.3 Å². The minimum absolute atomic E-state index is 0.173. The van der Waals surface area contributed by atoms with Gasteiger partial charge >= 0.3 is 0 Å². The largest absolute Gasteiger partial charge is 0.349 e. The van der Waals surface area contributed by atoms with Crippen LogP contribution in [-0.4, -0.2) is 4.57 Å². The van der Waals surface area contributed by atoms with Gasteiger partial charge in [0.05, 0.1) is 0 Å². The van der Waals surface area contributed by atoms with Gasteiger partial charge in [0.1, 0.15) is 5.82 Å². The molecule has 2 nitrogen and oxygen atoms in total. The van der Waals surface area contributed by atoms with Gasteiger partial charge in [-0.3, -0.25) is 0 Å². The van der Waals surface area contributed by atoms with Crippen molar-refractivity contribution in [3.8, 4) is 0 Å². The zero-order chi connectivity index (χ0) is 13.2. The van der Waals surface area contributed by atoms with Crippen LogP contribution in [0.15, 0.2) is 36.7 Å². The van der Waals surface area contributed by atoms with E-state index in [1.807, 2.05) is 12.1 Å². The molecule has 1 aromatic heterocycles. The Bertz CT molecular complexity index is 557. The Hall–Kier alpha value is -1.61. The molecular formula is C16H19FN2. The van der Waals surface area contributed by atoms with E-state index in [0.29, 0.717) is 0 Å². The average molecular weight is 258 g/mol. The highest BCUT2D eigenvalue weighted by Gasteiger charge is 2.17. The molecular weight excluding hydrogens is 239 g/mol. The maximum absolute atomic E-state index is 12.9. The van der Waals surface area contributed by atoms with Gasteiger partial charge < -0.3 is 10.3 Å². The Morgan fingerprint density at radius 1 is 1.16 bits per heavy atom. The zero-order valence-corrected chi connectivity index (χ0v) is 11.0. The molecule has 0 spiro atoms. The quantitative estimate of drug-likeness (QED) is 0.822. The zero-order valence-electron chi connectivity index (χ0n) is 11.0. The number of rotatable bonds is 2. The molecule has 3 heteroatoms. The Labute approximate surface area is 113 Å². The number of benzene rings is 1. The van der Waals surface area contributed by atoms with Crippen LogP contribution in [0.3, 0.4) is 0 Å². The number of aromatic nitrogens is 1. The molecule has 1 aliphatic carbocycles. The standard InChI is InChI=1S/C16H19FN2/c17-14-7-5-12(6-8-14)9-19-10-13-3-1-2-4-16(18)15(13)11-19/h5-8,10-11,16H,1-4,9,18H2. The first-order valence-corrected chi connectivity index (χ1v) is 6.91. The molecule has 3 rings (SSSR count). The van der Waals surface area contributed by atoms with E-state index >= 15 is 0 Å². The third kappa shape index (κ3) is 2.71. The van der Waals surface area contributed by atoms with E-state index in [1.165, 1.54) is 36.1 Å². The lowest BCUT2D eigenvalue weighted by Crippen LogP contribution is -2.09. The van der Waals surface area contributed by atoms with E-state index in [-0.39, 0.29) is 11.9 Å². The normalized spacial score (nSPS) is 18.9. The van der Waals surface area contributed by atoms with Crippen LogP contribution >= 0.6 is 0 Å². The Morgan fingerprint density at radius 3 is 2.74 bits per heavy atom. The second-order valence-electron chi connectivity index (χ2n) is 5.39. The van der Waals surface area contributed by atoms with Crippen molar-refractivity contribution < 1.29 is 4.39 Å². The number of aryl methyl sites for hydroxylation is 1. The molecule has 1 atom stereocenters. The highest BCUT2D eigenvalue weighted by Crippen LogP contribution is 2.27. The van der Waals surface area contributed by atoms with Gasteiger partial charge in [-0.1, -0.05) is 18.6 Å². The summed E-state index contributed by atoms with van der Waals surface area (Å²) in [4.78, 5) is 0. The number of nitrogens with two attached hydrogens (primary N) is 1. The van der Waals surface area contributed by atoms with Crippen molar-refractivity contribution in [2.75, 3.05) is 0 Å². The minimum atomic E-state index is -0.186. The number of fused-ring (bicyclic) bond motifs is 1. The summed E-state index contributed by atoms with van der Waals surface area (Å²) >= 11 is 0. The molecule has 0 saturated carbocycles. The van der Waals surface area contributed by atoms with Crippen LogP contribution in [0.4, 0.5) is 4.39 Å². The predicted molar refractivity (Wildman–Crippen MR) is 74.4 cm³/mol. The summed E-state index contributed by atoms with van der Waals surface area (Å²) in [5.74, 6) is -0.186. The molecule has 100 valence electrons. The van der Waals surface area contributed by atoms with Crippen molar-refractivity contribution >= 4 is 0 Å². The first kappa shape index (κ1) is 12.4. The van der Waals surface area contributed by atoms with Gasteiger partial charge in [-0.05, 0) is 48.1 Å². The summed E-state index contributed by atoms with van der Waals surface area (Å²) in [6.45, 7) is 0.778. The Kier molecular flexibility index (Phi) is 3.38. The lowest BCUT2D eigenvalue weighted by molar-refractivity contribution is 0.609. The SMILES string of the molecule is NC1CCCCc2cn(Cc3ccc(F)cc3)cc21. The average Bonchev–Trinajstić information content (AvgIpc) is 2.72. The van der Waals surface area contributed by atoms with Crippen LogP contribution in [0, 0.1) is 5.82 Å². The van der Waals surface area contributed by atoms with Gasteiger partial charge in [-0.2, -0.15) is 0 Å². The van der Waals surface area contributed by atoms with Gasteiger partial charge in [-0.25, -0.2) is 4.39 Å². The molecule has 2 aromatic rings. The minimum Gasteiger partial charge on any atom is -0.349 e. The van der Waals surface area contributed by atoms with Gasteiger partial charge in [0, 0.05) is 25.0 Å². The number of nitrogens with zero attached hydrogens (tertiary/aromatic N) is 1. The third-order valence-corrected chi connectivity index (χ3v) is 3.89. The third-order valence-electron chi connectivity index (χ3n) is 3.89. The first-order valence-electron chi connectivity index (χ1n) is 6.91. The number of hydrogen-bond acceptors (Lipinski definition) is 1. The van der Waals surface area contributed by atoms with Crippen molar-refractivity contribution in [3.05, 3.63) is 59.2 Å². The van der Waals surface area contributed by atoms with Gasteiger partial charge in [0.25, 0.3) is 0 Å². The molecule has 1 heterocycles. The van der Waals surface area contributed by atoms with Gasteiger partial charge in [0.15, 0.2) is 0 Å². The number of hydrogen-bond donors (Lipinski definition) is 1. The van der Waals surface area contributed by atoms with Crippen molar-refractivity contribution in [2.24, 2.45) is 5.73 Å². The topological polar surface area (TPSA) is 30.9 Å². The molecule has 19 heavy (non-hydrogen) atoms. The Morgan fingerprint density at radius 2 is 1.95 bits per heavy atom. The molecule has 0 radical (unpaired) electrons. The maximum Gasteiger partial charge on any atom is 0.123 e. The summed E-state index contributed by atoms with van der Waals surface area (Å²) in [6.07, 6.45) is 9.00. The molecule has 0 fully saturated rings. The molecule has 1 unspecified atom stereocenters. The maximum atomic E-state index is 12.9. The van der Waals surface area contributed by atoms with Crippen LogP contribution in [-0.2, 0) is 13.0 Å². The van der Waals surface area contributed by atoms with Crippen molar-refractivity contribution in [1.82, 2.24) is 4.57 Å². The van der Waals surface area contributed by atoms with Crippen LogP contribution in [0.1, 0.15) is 42.0 Å². The van der Waals surface area contributed by atoms with Crippen molar-refractivity contribution in [3.63, 3.8) is 0 Å². The van der Waals surface area contributed by atoms with E-state index in [0.717, 1.165) is 24.9 Å². The van der Waals surface area contributed by atoms with E-state index in [4.69, 9.17) is 5.73 Å². The van der Waals surface area contributed by atoms with E-state index in [2.05, 4.69) is 17.0 Å². The van der Waals surface area contributed by atoms with Gasteiger partial charge in [-0.15, -0.1) is 0 Å². The van der Waals surface area contributed by atoms with E-state index < -0.39 is 0 Å². The van der Waals surface area contributed by atoms with E-state index in [1.54, 1.807) is 0 Å². The summed E-state index contributed by atoms with van der Waals surface area (Å²) in [6, 6.07) is 6.86. The van der Waals surface area contributed by atoms with E-state index in [9.17, 15) is 4.39 Å². The van der Waals surface area contributed by atoms with Gasteiger partial charge in [0.2, 0.25) is 0 Å². The smallest absolute Gasteiger partial charge is 0.123 e. The fourth-order valence-corrected chi connectivity index (χ4v) is 2.84. The molecule has 1 aliphatic rings. The molecule has 0 bridgehead atoms. The van der Waals surface area contributed by atoms with Crippen LogP contribution in [0.5, 0.6) is 0 Å². The highest BCUT2D eigenvalue weighted by molar-refractivity contribution is 5.30. The fraction of sp³-hybridized carbons (Fsp3) is 0.375. The lowest BCUT2D eigenvalue weighted by atomic mass is 10.1. The summed E-state index contributed by atoms with van der Waals surface area (Å²) < 4.78 is 15.1. The monoisotopic (exact) mass is 258 g/mol. The Balaban J connectivity index is 1.82. The summed E-state index contributed by atoms with van der Waals surface area (Å²) in [7, 11) is 0. The lowest BCUT2D eigenvalue weighted by Gasteiger charge is -2.07. The molecule has 0 amide bonds. The van der Waals surface area contributed by atoms with Crippen LogP contribution in [0.2, 0.25) is 0 Å². The first-order chi connectivity index (χ1) is 9.22. The molecule has 0 saturated heterocycles. The fourth-order valence-electron chi connectivity index (χ4n) is 2.84. The second-order valence-corrected chi connectivity index (χ2v) is 5.39.